The van der Waals surface area contributed by atoms with Crippen LogP contribution in [0.1, 0.15) is 28.5 Å². The summed E-state index contributed by atoms with van der Waals surface area (Å²) >= 11 is 12.2. The molecule has 1 aliphatic rings. The molecule has 0 saturated heterocycles. The monoisotopic (exact) mass is 279 g/mol. The van der Waals surface area contributed by atoms with Crippen molar-refractivity contribution in [2.75, 3.05) is 0 Å². The molecule has 4 heteroatoms. The van der Waals surface area contributed by atoms with E-state index in [1.165, 1.54) is 0 Å². The normalized spacial score (nSPS) is 17.8. The number of fused-ring (bicyclic) bond motifs is 2. The van der Waals surface area contributed by atoms with E-state index in [9.17, 15) is 5.11 Å². The highest BCUT2D eigenvalue weighted by molar-refractivity contribution is 6.31. The van der Waals surface area contributed by atoms with Gasteiger partial charge in [0.15, 0.2) is 0 Å². The van der Waals surface area contributed by atoms with E-state index < -0.39 is 6.10 Å². The molecule has 1 atom stereocenters. The maximum atomic E-state index is 10.4. The smallest absolute Gasteiger partial charge is 0.122 e. The molecule has 1 heterocycles. The van der Waals surface area contributed by atoms with Crippen LogP contribution in [0.15, 0.2) is 30.5 Å². The zero-order chi connectivity index (χ0) is 12.7. The number of benzene rings is 1. The van der Waals surface area contributed by atoms with E-state index in [4.69, 9.17) is 23.2 Å². The topological polar surface area (TPSA) is 33.1 Å². The number of rotatable bonds is 0. The zero-order valence-electron chi connectivity index (χ0n) is 9.53. The largest absolute Gasteiger partial charge is 0.382 e. The molecule has 0 aliphatic heterocycles. The van der Waals surface area contributed by atoms with Gasteiger partial charge in [-0.2, -0.15) is 0 Å². The Morgan fingerprint density at radius 2 is 2.00 bits per heavy atom. The van der Waals surface area contributed by atoms with Crippen LogP contribution in [0.2, 0.25) is 10.0 Å². The summed E-state index contributed by atoms with van der Waals surface area (Å²) in [7, 11) is 0. The van der Waals surface area contributed by atoms with E-state index in [1.54, 1.807) is 18.3 Å². The van der Waals surface area contributed by atoms with Crippen LogP contribution in [0, 0.1) is 0 Å². The average Bonchev–Trinajstić information content (AvgIpc) is 2.49. The van der Waals surface area contributed by atoms with Crippen LogP contribution in [0.5, 0.6) is 0 Å². The first kappa shape index (κ1) is 12.0. The van der Waals surface area contributed by atoms with Gasteiger partial charge in [-0.05, 0) is 47.7 Å². The molecule has 1 aromatic heterocycles. The van der Waals surface area contributed by atoms with Gasteiger partial charge in [-0.3, -0.25) is 4.98 Å². The van der Waals surface area contributed by atoms with Crippen LogP contribution in [0.25, 0.3) is 0 Å². The minimum atomic E-state index is -0.728. The van der Waals surface area contributed by atoms with E-state index in [-0.39, 0.29) is 0 Å². The van der Waals surface area contributed by atoms with Crippen molar-refractivity contribution in [3.05, 3.63) is 62.9 Å². The molecule has 1 N–H and O–H groups in total. The van der Waals surface area contributed by atoms with Crippen LogP contribution in [0.4, 0.5) is 0 Å². The molecule has 0 saturated carbocycles. The molecule has 3 rings (SSSR count). The lowest BCUT2D eigenvalue weighted by atomic mass is 10.0. The third-order valence-corrected chi connectivity index (χ3v) is 3.92. The van der Waals surface area contributed by atoms with Crippen molar-refractivity contribution < 1.29 is 5.11 Å². The number of aliphatic hydroxyl groups is 1. The molecule has 18 heavy (non-hydrogen) atoms. The van der Waals surface area contributed by atoms with E-state index in [0.717, 1.165) is 29.5 Å². The summed E-state index contributed by atoms with van der Waals surface area (Å²) in [5.41, 5.74) is 3.51. The first-order chi connectivity index (χ1) is 8.66. The molecule has 2 nitrogen and oxygen atoms in total. The summed E-state index contributed by atoms with van der Waals surface area (Å²) in [5.74, 6) is 0. The van der Waals surface area contributed by atoms with Gasteiger partial charge in [0, 0.05) is 16.2 Å². The molecule has 0 bridgehead atoms. The minimum absolute atomic E-state index is 0.656. The van der Waals surface area contributed by atoms with Gasteiger partial charge in [-0.1, -0.05) is 29.3 Å². The standard InChI is InChI=1S/C14H11Cl2NO/c15-9-2-4-10-8(7-9)1-3-11-12(16)5-6-17-13(11)14(10)18/h2,4-7,14,18H,1,3H2. The molecule has 92 valence electrons. The van der Waals surface area contributed by atoms with Gasteiger partial charge in [0.25, 0.3) is 0 Å². The fourth-order valence-electron chi connectivity index (χ4n) is 2.43. The predicted molar refractivity (Wildman–Crippen MR) is 72.2 cm³/mol. The first-order valence-corrected chi connectivity index (χ1v) is 6.52. The lowest BCUT2D eigenvalue weighted by Crippen LogP contribution is -2.05. The zero-order valence-corrected chi connectivity index (χ0v) is 11.0. The minimum Gasteiger partial charge on any atom is -0.382 e. The van der Waals surface area contributed by atoms with Gasteiger partial charge >= 0.3 is 0 Å². The third-order valence-electron chi connectivity index (χ3n) is 3.33. The summed E-state index contributed by atoms with van der Waals surface area (Å²) in [4.78, 5) is 4.27. The molecule has 2 aromatic rings. The fourth-order valence-corrected chi connectivity index (χ4v) is 2.87. The molecular formula is C14H11Cl2NO. The fraction of sp³-hybridized carbons (Fsp3) is 0.214. The number of aromatic nitrogens is 1. The van der Waals surface area contributed by atoms with E-state index in [1.807, 2.05) is 12.1 Å². The Balaban J connectivity index is 2.18. The lowest BCUT2D eigenvalue weighted by molar-refractivity contribution is 0.214. The van der Waals surface area contributed by atoms with Crippen molar-refractivity contribution in [1.82, 2.24) is 4.98 Å². The molecule has 1 aromatic carbocycles. The van der Waals surface area contributed by atoms with Crippen LogP contribution < -0.4 is 0 Å². The second-order valence-corrected chi connectivity index (χ2v) is 5.25. The number of hydrogen-bond donors (Lipinski definition) is 1. The Bertz CT molecular complexity index is 613. The molecule has 0 spiro atoms. The summed E-state index contributed by atoms with van der Waals surface area (Å²) in [5, 5.41) is 11.8. The van der Waals surface area contributed by atoms with Gasteiger partial charge in [0.2, 0.25) is 0 Å². The summed E-state index contributed by atoms with van der Waals surface area (Å²) < 4.78 is 0. The van der Waals surface area contributed by atoms with Crippen molar-refractivity contribution in [3.63, 3.8) is 0 Å². The van der Waals surface area contributed by atoms with Crippen LogP contribution in [-0.2, 0) is 12.8 Å². The van der Waals surface area contributed by atoms with Gasteiger partial charge in [0.05, 0.1) is 5.69 Å². The molecule has 1 aliphatic carbocycles. The molecule has 0 fully saturated rings. The van der Waals surface area contributed by atoms with Crippen LogP contribution in [0.3, 0.4) is 0 Å². The number of nitrogens with zero attached hydrogens (tertiary/aromatic N) is 1. The summed E-state index contributed by atoms with van der Waals surface area (Å²) in [6.07, 6.45) is 2.48. The maximum absolute atomic E-state index is 10.4. The van der Waals surface area contributed by atoms with Gasteiger partial charge in [-0.15, -0.1) is 0 Å². The Morgan fingerprint density at radius 1 is 1.17 bits per heavy atom. The molecule has 0 amide bonds. The Kier molecular flexibility index (Phi) is 3.02. The SMILES string of the molecule is OC1c2ccc(Cl)cc2CCc2c(Cl)ccnc21. The van der Waals surface area contributed by atoms with Crippen LogP contribution in [-0.4, -0.2) is 10.1 Å². The molecular weight excluding hydrogens is 269 g/mol. The summed E-state index contributed by atoms with van der Waals surface area (Å²) in [6, 6.07) is 7.31. The van der Waals surface area contributed by atoms with Gasteiger partial charge in [0.1, 0.15) is 6.10 Å². The van der Waals surface area contributed by atoms with E-state index in [2.05, 4.69) is 4.98 Å². The molecule has 0 radical (unpaired) electrons. The number of hydrogen-bond acceptors (Lipinski definition) is 2. The Labute approximate surface area is 115 Å². The second kappa shape index (κ2) is 4.54. The number of halogens is 2. The quantitative estimate of drug-likeness (QED) is 0.800. The lowest BCUT2D eigenvalue weighted by Gasteiger charge is -2.13. The number of aliphatic hydroxyl groups excluding tert-OH is 1. The van der Waals surface area contributed by atoms with Crippen molar-refractivity contribution in [2.24, 2.45) is 0 Å². The number of pyridine rings is 1. The van der Waals surface area contributed by atoms with Crippen molar-refractivity contribution in [3.8, 4) is 0 Å². The average molecular weight is 280 g/mol. The van der Waals surface area contributed by atoms with Crippen molar-refractivity contribution >= 4 is 23.2 Å². The first-order valence-electron chi connectivity index (χ1n) is 5.76. The summed E-state index contributed by atoms with van der Waals surface area (Å²) in [6.45, 7) is 0. The van der Waals surface area contributed by atoms with Crippen molar-refractivity contribution in [2.45, 2.75) is 18.9 Å². The number of aryl methyl sites for hydroxylation is 1. The highest BCUT2D eigenvalue weighted by Crippen LogP contribution is 2.34. The Morgan fingerprint density at radius 3 is 2.83 bits per heavy atom. The van der Waals surface area contributed by atoms with Crippen molar-refractivity contribution in [1.29, 1.82) is 0 Å². The molecule has 1 unspecified atom stereocenters. The highest BCUT2D eigenvalue weighted by Gasteiger charge is 2.24. The third kappa shape index (κ3) is 1.91. The Hall–Kier alpha value is -1.09. The second-order valence-electron chi connectivity index (χ2n) is 4.40. The predicted octanol–water partition coefficient (Wildman–Crippen LogP) is 3.57. The van der Waals surface area contributed by atoms with Crippen LogP contribution >= 0.6 is 23.2 Å². The highest BCUT2D eigenvalue weighted by atomic mass is 35.5. The van der Waals surface area contributed by atoms with E-state index in [0.29, 0.717) is 15.7 Å². The maximum Gasteiger partial charge on any atom is 0.122 e. The van der Waals surface area contributed by atoms with E-state index >= 15 is 0 Å². The van der Waals surface area contributed by atoms with Gasteiger partial charge in [-0.25, -0.2) is 0 Å². The van der Waals surface area contributed by atoms with Gasteiger partial charge < -0.3 is 5.11 Å².